The van der Waals surface area contributed by atoms with Crippen LogP contribution < -0.4 is 10.6 Å². The van der Waals surface area contributed by atoms with Gasteiger partial charge in [0.2, 0.25) is 0 Å². The van der Waals surface area contributed by atoms with Gasteiger partial charge in [0.1, 0.15) is 0 Å². The highest BCUT2D eigenvalue weighted by atomic mass is 16.3. The summed E-state index contributed by atoms with van der Waals surface area (Å²) in [6.45, 7) is 5.56. The van der Waals surface area contributed by atoms with Gasteiger partial charge in [-0.05, 0) is 38.6 Å². The Labute approximate surface area is 122 Å². The lowest BCUT2D eigenvalue weighted by Crippen LogP contribution is -2.56. The van der Waals surface area contributed by atoms with E-state index in [0.29, 0.717) is 0 Å². The van der Waals surface area contributed by atoms with Gasteiger partial charge < -0.3 is 20.6 Å². The number of likely N-dealkylation sites (tertiary alicyclic amines) is 1. The Kier molecular flexibility index (Phi) is 5.66. The van der Waals surface area contributed by atoms with Gasteiger partial charge in [0.15, 0.2) is 0 Å². The van der Waals surface area contributed by atoms with E-state index in [-0.39, 0.29) is 24.2 Å². The molecule has 0 atom stereocenters. The summed E-state index contributed by atoms with van der Waals surface area (Å²) in [4.78, 5) is 14.6. The molecule has 116 valence electrons. The molecule has 5 nitrogen and oxygen atoms in total. The van der Waals surface area contributed by atoms with Crippen LogP contribution in [0.2, 0.25) is 0 Å². The molecule has 0 aromatic carbocycles. The number of hydrogen-bond donors (Lipinski definition) is 3. The topological polar surface area (TPSA) is 64.6 Å². The van der Waals surface area contributed by atoms with E-state index in [1.807, 2.05) is 0 Å². The Morgan fingerprint density at radius 1 is 1.30 bits per heavy atom. The number of nitrogens with zero attached hydrogens (tertiary/aromatic N) is 1. The van der Waals surface area contributed by atoms with Crippen molar-refractivity contribution in [3.63, 3.8) is 0 Å². The van der Waals surface area contributed by atoms with Gasteiger partial charge in [0.25, 0.3) is 0 Å². The van der Waals surface area contributed by atoms with Crippen molar-refractivity contribution in [1.82, 2.24) is 15.5 Å². The average Bonchev–Trinajstić information content (AvgIpc) is 2.90. The minimum Gasteiger partial charge on any atom is -0.394 e. The number of carbonyl (C=O) groups excluding carboxylic acids is 1. The lowest BCUT2D eigenvalue weighted by atomic mass is 9.99. The normalized spacial score (nSPS) is 23.7. The van der Waals surface area contributed by atoms with E-state index >= 15 is 0 Å². The second-order valence-corrected chi connectivity index (χ2v) is 6.36. The fourth-order valence-corrected chi connectivity index (χ4v) is 3.45. The van der Waals surface area contributed by atoms with E-state index in [2.05, 4.69) is 22.5 Å². The number of aliphatic hydroxyl groups is 1. The number of rotatable bonds is 5. The molecule has 0 aromatic heterocycles. The van der Waals surface area contributed by atoms with Crippen LogP contribution in [0.4, 0.5) is 4.79 Å². The second kappa shape index (κ2) is 7.27. The first-order valence-electron chi connectivity index (χ1n) is 8.09. The molecular weight excluding hydrogens is 254 g/mol. The van der Waals surface area contributed by atoms with Gasteiger partial charge in [-0.3, -0.25) is 0 Å². The Morgan fingerprint density at radius 2 is 1.95 bits per heavy atom. The van der Waals surface area contributed by atoms with Crippen molar-refractivity contribution >= 4 is 6.03 Å². The van der Waals surface area contributed by atoms with E-state index in [0.717, 1.165) is 58.2 Å². The van der Waals surface area contributed by atoms with Crippen molar-refractivity contribution in [1.29, 1.82) is 0 Å². The number of aliphatic hydroxyl groups excluding tert-OH is 1. The Hall–Kier alpha value is -0.810. The molecule has 0 unspecified atom stereocenters. The molecule has 3 N–H and O–H groups in total. The first-order chi connectivity index (χ1) is 9.67. The van der Waals surface area contributed by atoms with Crippen molar-refractivity contribution < 1.29 is 9.90 Å². The number of amides is 2. The Balaban J connectivity index is 1.72. The van der Waals surface area contributed by atoms with Crippen molar-refractivity contribution in [2.75, 3.05) is 26.2 Å². The van der Waals surface area contributed by atoms with Crippen molar-refractivity contribution in [2.45, 2.75) is 63.5 Å². The highest BCUT2D eigenvalue weighted by Gasteiger charge is 2.35. The van der Waals surface area contributed by atoms with E-state index in [9.17, 15) is 9.90 Å². The third-order valence-electron chi connectivity index (χ3n) is 4.70. The number of urea groups is 1. The minimum absolute atomic E-state index is 0.0510. The summed E-state index contributed by atoms with van der Waals surface area (Å²) >= 11 is 0. The standard InChI is InChI=1S/C15H29N3O2/c1-2-9-18-10-5-13(6-11-18)16-14(20)17-15(12-19)7-3-4-8-15/h13,19H,2-12H2,1H3,(H2,16,17,20). The third kappa shape index (κ3) is 4.09. The molecule has 0 bridgehead atoms. The number of nitrogens with one attached hydrogen (secondary N) is 2. The molecule has 1 saturated carbocycles. The fourth-order valence-electron chi connectivity index (χ4n) is 3.45. The highest BCUT2D eigenvalue weighted by molar-refractivity contribution is 5.75. The first kappa shape index (κ1) is 15.6. The maximum absolute atomic E-state index is 12.1. The van der Waals surface area contributed by atoms with E-state index in [1.54, 1.807) is 0 Å². The van der Waals surface area contributed by atoms with Crippen LogP contribution in [0.25, 0.3) is 0 Å². The predicted octanol–water partition coefficient (Wildman–Crippen LogP) is 1.47. The first-order valence-corrected chi connectivity index (χ1v) is 8.09. The molecule has 2 fully saturated rings. The molecule has 2 rings (SSSR count). The maximum atomic E-state index is 12.1. The van der Waals surface area contributed by atoms with Crippen LogP contribution in [-0.2, 0) is 0 Å². The molecule has 2 aliphatic rings. The molecule has 0 aromatic rings. The molecule has 1 saturated heterocycles. The molecule has 0 radical (unpaired) electrons. The molecule has 20 heavy (non-hydrogen) atoms. The largest absolute Gasteiger partial charge is 0.394 e. The summed E-state index contributed by atoms with van der Waals surface area (Å²) < 4.78 is 0. The van der Waals surface area contributed by atoms with Gasteiger partial charge in [-0.25, -0.2) is 4.79 Å². The number of carbonyl (C=O) groups is 1. The lowest BCUT2D eigenvalue weighted by molar-refractivity contribution is 0.156. The predicted molar refractivity (Wildman–Crippen MR) is 79.7 cm³/mol. The van der Waals surface area contributed by atoms with Gasteiger partial charge in [-0.2, -0.15) is 0 Å². The molecule has 1 aliphatic heterocycles. The molecule has 5 heteroatoms. The average molecular weight is 283 g/mol. The SMILES string of the molecule is CCCN1CCC(NC(=O)NC2(CO)CCCC2)CC1. The van der Waals surface area contributed by atoms with Gasteiger partial charge in [0, 0.05) is 19.1 Å². The molecule has 0 spiro atoms. The molecular formula is C15H29N3O2. The zero-order chi connectivity index (χ0) is 14.4. The Morgan fingerprint density at radius 3 is 2.50 bits per heavy atom. The van der Waals surface area contributed by atoms with E-state index in [1.165, 1.54) is 6.42 Å². The molecule has 1 aliphatic carbocycles. The molecule has 2 amide bonds. The fraction of sp³-hybridized carbons (Fsp3) is 0.933. The zero-order valence-corrected chi connectivity index (χ0v) is 12.7. The van der Waals surface area contributed by atoms with Gasteiger partial charge in [0.05, 0.1) is 12.1 Å². The summed E-state index contributed by atoms with van der Waals surface area (Å²) in [5, 5.41) is 15.6. The van der Waals surface area contributed by atoms with Crippen molar-refractivity contribution in [3.8, 4) is 0 Å². The van der Waals surface area contributed by atoms with Gasteiger partial charge in [-0.15, -0.1) is 0 Å². The smallest absolute Gasteiger partial charge is 0.315 e. The third-order valence-corrected chi connectivity index (χ3v) is 4.70. The quantitative estimate of drug-likeness (QED) is 0.716. The zero-order valence-electron chi connectivity index (χ0n) is 12.7. The lowest BCUT2D eigenvalue weighted by Gasteiger charge is -2.34. The van der Waals surface area contributed by atoms with Crippen LogP contribution in [0.3, 0.4) is 0 Å². The van der Waals surface area contributed by atoms with Crippen LogP contribution in [0.15, 0.2) is 0 Å². The summed E-state index contributed by atoms with van der Waals surface area (Å²) in [5.74, 6) is 0. The minimum atomic E-state index is -0.368. The van der Waals surface area contributed by atoms with Crippen LogP contribution in [0.1, 0.15) is 51.9 Å². The summed E-state index contributed by atoms with van der Waals surface area (Å²) in [7, 11) is 0. The van der Waals surface area contributed by atoms with Gasteiger partial charge >= 0.3 is 6.03 Å². The van der Waals surface area contributed by atoms with Crippen LogP contribution in [-0.4, -0.2) is 53.9 Å². The number of piperidine rings is 1. The van der Waals surface area contributed by atoms with Gasteiger partial charge in [-0.1, -0.05) is 19.8 Å². The van der Waals surface area contributed by atoms with Crippen LogP contribution in [0, 0.1) is 0 Å². The monoisotopic (exact) mass is 283 g/mol. The maximum Gasteiger partial charge on any atom is 0.315 e. The van der Waals surface area contributed by atoms with E-state index in [4.69, 9.17) is 0 Å². The van der Waals surface area contributed by atoms with Crippen LogP contribution in [0.5, 0.6) is 0 Å². The highest BCUT2D eigenvalue weighted by Crippen LogP contribution is 2.29. The van der Waals surface area contributed by atoms with Crippen molar-refractivity contribution in [2.24, 2.45) is 0 Å². The summed E-state index contributed by atoms with van der Waals surface area (Å²) in [6, 6.07) is 0.176. The Bertz CT molecular complexity index is 308. The number of hydrogen-bond acceptors (Lipinski definition) is 3. The summed E-state index contributed by atoms with van der Waals surface area (Å²) in [6.07, 6.45) is 7.22. The second-order valence-electron chi connectivity index (χ2n) is 6.36. The summed E-state index contributed by atoms with van der Waals surface area (Å²) in [5.41, 5.74) is -0.368. The molecule has 1 heterocycles. The van der Waals surface area contributed by atoms with Crippen molar-refractivity contribution in [3.05, 3.63) is 0 Å². The van der Waals surface area contributed by atoms with E-state index < -0.39 is 0 Å². The van der Waals surface area contributed by atoms with Crippen LogP contribution >= 0.6 is 0 Å².